The van der Waals surface area contributed by atoms with Crippen molar-refractivity contribution < 1.29 is 13.2 Å². The fourth-order valence-corrected chi connectivity index (χ4v) is 4.03. The molecule has 0 aliphatic carbocycles. The first-order valence-electron chi connectivity index (χ1n) is 7.76. The highest BCUT2D eigenvalue weighted by Crippen LogP contribution is 2.25. The Kier molecular flexibility index (Phi) is 5.43. The van der Waals surface area contributed by atoms with E-state index in [4.69, 9.17) is 27.9 Å². The van der Waals surface area contributed by atoms with Gasteiger partial charge in [-0.25, -0.2) is 18.1 Å². The molecule has 0 unspecified atom stereocenters. The van der Waals surface area contributed by atoms with Gasteiger partial charge in [-0.3, -0.25) is 0 Å². The van der Waals surface area contributed by atoms with Gasteiger partial charge < -0.3 is 9.30 Å². The molecule has 3 rings (SSSR count). The summed E-state index contributed by atoms with van der Waals surface area (Å²) in [4.78, 5) is 4.62. The number of hydrogen-bond donors (Lipinski definition) is 1. The minimum atomic E-state index is -3.67. The predicted octanol–water partition coefficient (Wildman–Crippen LogP) is 3.41. The van der Waals surface area contributed by atoms with Gasteiger partial charge in [0.25, 0.3) is 0 Å². The van der Waals surface area contributed by atoms with E-state index >= 15 is 0 Å². The van der Waals surface area contributed by atoms with Crippen LogP contribution in [0.5, 0.6) is 5.75 Å². The Labute approximate surface area is 161 Å². The van der Waals surface area contributed by atoms with E-state index in [1.165, 1.54) is 18.2 Å². The zero-order valence-electron chi connectivity index (χ0n) is 14.2. The molecule has 1 heterocycles. The van der Waals surface area contributed by atoms with Gasteiger partial charge in [-0.2, -0.15) is 0 Å². The van der Waals surface area contributed by atoms with Gasteiger partial charge in [0.2, 0.25) is 10.0 Å². The molecule has 0 fully saturated rings. The van der Waals surface area contributed by atoms with E-state index in [2.05, 4.69) is 9.71 Å². The number of sulfonamides is 1. The monoisotopic (exact) mass is 413 g/mol. The maximum absolute atomic E-state index is 12.4. The normalized spacial score (nSPS) is 11.8. The number of benzene rings is 2. The number of nitrogens with zero attached hydrogens (tertiary/aromatic N) is 2. The summed E-state index contributed by atoms with van der Waals surface area (Å²) < 4.78 is 34.4. The van der Waals surface area contributed by atoms with Gasteiger partial charge in [0.05, 0.1) is 33.1 Å². The van der Waals surface area contributed by atoms with Gasteiger partial charge >= 0.3 is 0 Å². The van der Waals surface area contributed by atoms with Crippen molar-refractivity contribution in [1.29, 1.82) is 0 Å². The number of rotatable bonds is 6. The highest BCUT2D eigenvalue weighted by Gasteiger charge is 2.16. The van der Waals surface area contributed by atoms with E-state index in [1.807, 2.05) is 29.8 Å². The van der Waals surface area contributed by atoms with Crippen LogP contribution in [0.15, 0.2) is 41.3 Å². The Balaban J connectivity index is 1.73. The fraction of sp³-hybridized carbons (Fsp3) is 0.235. The number of hydrogen-bond acceptors (Lipinski definition) is 4. The summed E-state index contributed by atoms with van der Waals surface area (Å²) in [5, 5.41) is 0.500. The maximum atomic E-state index is 12.4. The van der Waals surface area contributed by atoms with Crippen molar-refractivity contribution in [3.8, 4) is 5.75 Å². The van der Waals surface area contributed by atoms with Crippen molar-refractivity contribution in [2.75, 3.05) is 13.7 Å². The number of nitrogens with one attached hydrogen (secondary N) is 1. The van der Waals surface area contributed by atoms with E-state index in [1.54, 1.807) is 7.11 Å². The molecule has 0 aliphatic rings. The molecule has 0 spiro atoms. The first-order valence-corrected chi connectivity index (χ1v) is 10.00. The zero-order chi connectivity index (χ0) is 18.9. The van der Waals surface area contributed by atoms with Gasteiger partial charge in [0.15, 0.2) is 0 Å². The average Bonchev–Trinajstić information content (AvgIpc) is 2.92. The van der Waals surface area contributed by atoms with E-state index in [0.717, 1.165) is 22.6 Å². The minimum absolute atomic E-state index is 0.0710. The third-order valence-electron chi connectivity index (χ3n) is 4.02. The van der Waals surface area contributed by atoms with Crippen LogP contribution in [0.3, 0.4) is 0 Å². The number of ether oxygens (including phenoxy) is 1. The summed E-state index contributed by atoms with van der Waals surface area (Å²) in [5.74, 6) is 1.49. The average molecular weight is 414 g/mol. The second-order valence-corrected chi connectivity index (χ2v) is 8.25. The van der Waals surface area contributed by atoms with Crippen LogP contribution in [0.4, 0.5) is 0 Å². The van der Waals surface area contributed by atoms with Crippen molar-refractivity contribution in [2.24, 2.45) is 7.05 Å². The van der Waals surface area contributed by atoms with Crippen LogP contribution >= 0.6 is 23.2 Å². The molecule has 1 N–H and O–H groups in total. The molecule has 1 aromatic heterocycles. The lowest BCUT2D eigenvalue weighted by Crippen LogP contribution is -2.26. The molecule has 0 aliphatic heterocycles. The van der Waals surface area contributed by atoms with Gasteiger partial charge in [0.1, 0.15) is 11.6 Å². The van der Waals surface area contributed by atoms with E-state index in [0.29, 0.717) is 11.4 Å². The SMILES string of the molecule is COc1ccc2c(c1)nc(CCNS(=O)(=O)c1ccc(Cl)c(Cl)c1)n2C. The zero-order valence-corrected chi connectivity index (χ0v) is 16.5. The minimum Gasteiger partial charge on any atom is -0.497 e. The Morgan fingerprint density at radius 2 is 1.92 bits per heavy atom. The fourth-order valence-electron chi connectivity index (χ4n) is 2.60. The van der Waals surface area contributed by atoms with Crippen molar-refractivity contribution in [2.45, 2.75) is 11.3 Å². The number of methoxy groups -OCH3 is 1. The van der Waals surface area contributed by atoms with Crippen LogP contribution in [-0.2, 0) is 23.5 Å². The molecule has 0 bridgehead atoms. The van der Waals surface area contributed by atoms with Crippen LogP contribution in [0.2, 0.25) is 10.0 Å². The quantitative estimate of drug-likeness (QED) is 0.671. The standard InChI is InChI=1S/C17H17Cl2N3O3S/c1-22-16-6-3-11(25-2)9-15(16)21-17(22)7-8-20-26(23,24)12-4-5-13(18)14(19)10-12/h3-6,9-10,20H,7-8H2,1-2H3. The van der Waals surface area contributed by atoms with E-state index in [-0.39, 0.29) is 16.5 Å². The summed E-state index contributed by atoms with van der Waals surface area (Å²) in [7, 11) is -0.180. The van der Waals surface area contributed by atoms with Crippen molar-refractivity contribution in [3.63, 3.8) is 0 Å². The van der Waals surface area contributed by atoms with Crippen molar-refractivity contribution in [1.82, 2.24) is 14.3 Å². The van der Waals surface area contributed by atoms with E-state index < -0.39 is 10.0 Å². The highest BCUT2D eigenvalue weighted by atomic mass is 35.5. The summed E-state index contributed by atoms with van der Waals surface area (Å²) >= 11 is 11.7. The second-order valence-electron chi connectivity index (χ2n) is 5.67. The number of halogens is 2. The van der Waals surface area contributed by atoms with Crippen LogP contribution in [0, 0.1) is 0 Å². The van der Waals surface area contributed by atoms with Crippen molar-refractivity contribution >= 4 is 44.3 Å². The molecule has 0 saturated heterocycles. The smallest absolute Gasteiger partial charge is 0.240 e. The first kappa shape index (κ1) is 19.0. The van der Waals surface area contributed by atoms with Gasteiger partial charge in [-0.1, -0.05) is 23.2 Å². The lowest BCUT2D eigenvalue weighted by atomic mass is 10.3. The topological polar surface area (TPSA) is 73.2 Å². The molecule has 9 heteroatoms. The van der Waals surface area contributed by atoms with Crippen LogP contribution in [0.25, 0.3) is 11.0 Å². The molecule has 0 saturated carbocycles. The highest BCUT2D eigenvalue weighted by molar-refractivity contribution is 7.89. The Bertz CT molecular complexity index is 1060. The molecule has 0 amide bonds. The van der Waals surface area contributed by atoms with Crippen LogP contribution in [-0.4, -0.2) is 31.6 Å². The molecule has 2 aromatic carbocycles. The number of fused-ring (bicyclic) bond motifs is 1. The summed E-state index contributed by atoms with van der Waals surface area (Å²) in [6, 6.07) is 9.83. The van der Waals surface area contributed by atoms with E-state index in [9.17, 15) is 8.42 Å². The summed E-state index contributed by atoms with van der Waals surface area (Å²) in [6.07, 6.45) is 0.439. The summed E-state index contributed by atoms with van der Waals surface area (Å²) in [6.45, 7) is 0.205. The van der Waals surface area contributed by atoms with Gasteiger partial charge in [0, 0.05) is 26.1 Å². The Morgan fingerprint density at radius 3 is 2.62 bits per heavy atom. The van der Waals surface area contributed by atoms with Gasteiger partial charge in [-0.05, 0) is 30.3 Å². The largest absolute Gasteiger partial charge is 0.497 e. The molecular weight excluding hydrogens is 397 g/mol. The molecular formula is C17H17Cl2N3O3S. The Hall–Kier alpha value is -1.80. The first-order chi connectivity index (χ1) is 12.3. The molecule has 138 valence electrons. The molecule has 26 heavy (non-hydrogen) atoms. The van der Waals surface area contributed by atoms with Crippen molar-refractivity contribution in [3.05, 3.63) is 52.3 Å². The third-order valence-corrected chi connectivity index (χ3v) is 6.22. The molecule has 3 aromatic rings. The lowest BCUT2D eigenvalue weighted by Gasteiger charge is -2.08. The summed E-state index contributed by atoms with van der Waals surface area (Å²) in [5.41, 5.74) is 1.75. The predicted molar refractivity (Wildman–Crippen MR) is 103 cm³/mol. The number of imidazole rings is 1. The third kappa shape index (κ3) is 3.81. The number of aryl methyl sites for hydroxylation is 1. The lowest BCUT2D eigenvalue weighted by molar-refractivity contribution is 0.415. The Morgan fingerprint density at radius 1 is 1.15 bits per heavy atom. The van der Waals surface area contributed by atoms with Crippen LogP contribution < -0.4 is 9.46 Å². The molecule has 0 radical (unpaired) electrons. The van der Waals surface area contributed by atoms with Crippen LogP contribution in [0.1, 0.15) is 5.82 Å². The molecule has 6 nitrogen and oxygen atoms in total. The maximum Gasteiger partial charge on any atom is 0.240 e. The van der Waals surface area contributed by atoms with Gasteiger partial charge in [-0.15, -0.1) is 0 Å². The molecule has 0 atom stereocenters. The number of aromatic nitrogens is 2. The second kappa shape index (κ2) is 7.44.